The van der Waals surface area contributed by atoms with E-state index in [-0.39, 0.29) is 17.9 Å². The number of carbonyl (C=O) groups is 1. The largest absolute Gasteiger partial charge is 0.393 e. The van der Waals surface area contributed by atoms with Crippen LogP contribution in [-0.4, -0.2) is 28.6 Å². The van der Waals surface area contributed by atoms with Crippen LogP contribution in [0.5, 0.6) is 0 Å². The molecule has 2 unspecified atom stereocenters. The first-order chi connectivity index (χ1) is 8.97. The van der Waals surface area contributed by atoms with Crippen molar-refractivity contribution in [2.24, 2.45) is 5.92 Å². The van der Waals surface area contributed by atoms with Gasteiger partial charge in [-0.3, -0.25) is 4.79 Å². The van der Waals surface area contributed by atoms with Crippen molar-refractivity contribution in [1.29, 1.82) is 0 Å². The van der Waals surface area contributed by atoms with Gasteiger partial charge in [0.25, 0.3) is 0 Å². The fraction of sp³-hybridized carbons (Fsp3) is 0.429. The maximum Gasteiger partial charge on any atom is 0.244 e. The lowest BCUT2D eigenvalue weighted by Gasteiger charge is -2.13. The third kappa shape index (κ3) is 6.94. The van der Waals surface area contributed by atoms with Gasteiger partial charge in [0.1, 0.15) is 5.15 Å². The molecule has 1 amide bonds. The zero-order valence-electron chi connectivity index (χ0n) is 11.1. The molecule has 2 atom stereocenters. The monoisotopic (exact) mass is 282 g/mol. The SMILES string of the molecule is CC(O)CC(C)CNC(=O)/C=C/c1ccc(Cl)nc1. The summed E-state index contributed by atoms with van der Waals surface area (Å²) in [5.74, 6) is 0.0851. The van der Waals surface area contributed by atoms with Gasteiger partial charge in [-0.2, -0.15) is 0 Å². The molecule has 0 saturated heterocycles. The Balaban J connectivity index is 2.36. The van der Waals surface area contributed by atoms with Crippen LogP contribution >= 0.6 is 11.6 Å². The van der Waals surface area contributed by atoms with Crippen LogP contribution in [0.4, 0.5) is 0 Å². The quantitative estimate of drug-likeness (QED) is 0.621. The first-order valence-corrected chi connectivity index (χ1v) is 6.60. The van der Waals surface area contributed by atoms with Crippen molar-refractivity contribution in [3.05, 3.63) is 35.1 Å². The molecule has 2 N–H and O–H groups in total. The van der Waals surface area contributed by atoms with E-state index in [0.29, 0.717) is 18.1 Å². The Morgan fingerprint density at radius 1 is 1.53 bits per heavy atom. The second-order valence-corrected chi connectivity index (χ2v) is 5.07. The molecular formula is C14H19ClN2O2. The van der Waals surface area contributed by atoms with Crippen LogP contribution in [0.15, 0.2) is 24.4 Å². The zero-order chi connectivity index (χ0) is 14.3. The number of halogens is 1. The number of aliphatic hydroxyl groups is 1. The van der Waals surface area contributed by atoms with Gasteiger partial charge in [0.2, 0.25) is 5.91 Å². The third-order valence-electron chi connectivity index (χ3n) is 2.55. The highest BCUT2D eigenvalue weighted by Crippen LogP contribution is 2.07. The molecule has 0 radical (unpaired) electrons. The molecule has 104 valence electrons. The van der Waals surface area contributed by atoms with E-state index in [1.165, 1.54) is 6.08 Å². The summed E-state index contributed by atoms with van der Waals surface area (Å²) in [5.41, 5.74) is 0.816. The summed E-state index contributed by atoms with van der Waals surface area (Å²) in [6.07, 6.45) is 5.06. The van der Waals surface area contributed by atoms with Gasteiger partial charge >= 0.3 is 0 Å². The van der Waals surface area contributed by atoms with Gasteiger partial charge in [-0.1, -0.05) is 24.6 Å². The van der Waals surface area contributed by atoms with Crippen LogP contribution in [0, 0.1) is 5.92 Å². The van der Waals surface area contributed by atoms with Crippen LogP contribution in [0.25, 0.3) is 6.08 Å². The highest BCUT2D eigenvalue weighted by atomic mass is 35.5. The molecule has 0 aliphatic rings. The predicted molar refractivity (Wildman–Crippen MR) is 76.8 cm³/mol. The van der Waals surface area contributed by atoms with Crippen LogP contribution in [0.3, 0.4) is 0 Å². The summed E-state index contributed by atoms with van der Waals surface area (Å²) >= 11 is 5.67. The summed E-state index contributed by atoms with van der Waals surface area (Å²) in [6.45, 7) is 4.28. The summed E-state index contributed by atoms with van der Waals surface area (Å²) in [4.78, 5) is 15.5. The van der Waals surface area contributed by atoms with E-state index in [1.54, 1.807) is 31.3 Å². The lowest BCUT2D eigenvalue weighted by Crippen LogP contribution is -2.27. The maximum atomic E-state index is 11.6. The Kier molecular flexibility index (Phi) is 6.53. The average Bonchev–Trinajstić information content (AvgIpc) is 2.35. The molecule has 0 aliphatic heterocycles. The first kappa shape index (κ1) is 15.7. The number of carbonyl (C=O) groups excluding carboxylic acids is 1. The second kappa shape index (κ2) is 7.92. The van der Waals surface area contributed by atoms with Gasteiger partial charge in [0.05, 0.1) is 6.10 Å². The van der Waals surface area contributed by atoms with Crippen molar-refractivity contribution >= 4 is 23.6 Å². The van der Waals surface area contributed by atoms with Crippen LogP contribution in [0.1, 0.15) is 25.8 Å². The molecule has 4 nitrogen and oxygen atoms in total. The summed E-state index contributed by atoms with van der Waals surface area (Å²) in [7, 11) is 0. The van der Waals surface area contributed by atoms with Crippen molar-refractivity contribution in [1.82, 2.24) is 10.3 Å². The number of aliphatic hydroxyl groups excluding tert-OH is 1. The van der Waals surface area contributed by atoms with Gasteiger partial charge in [-0.25, -0.2) is 4.98 Å². The normalized spacial score (nSPS) is 14.3. The minimum absolute atomic E-state index is 0.160. The Labute approximate surface area is 118 Å². The number of amides is 1. The highest BCUT2D eigenvalue weighted by Gasteiger charge is 2.06. The lowest BCUT2D eigenvalue weighted by molar-refractivity contribution is -0.116. The molecule has 1 aromatic heterocycles. The molecule has 19 heavy (non-hydrogen) atoms. The molecule has 0 aliphatic carbocycles. The molecule has 0 aromatic carbocycles. The third-order valence-corrected chi connectivity index (χ3v) is 2.77. The second-order valence-electron chi connectivity index (χ2n) is 4.68. The zero-order valence-corrected chi connectivity index (χ0v) is 11.9. The van der Waals surface area contributed by atoms with Crippen molar-refractivity contribution in [2.45, 2.75) is 26.4 Å². The Bertz CT molecular complexity index is 430. The standard InChI is InChI=1S/C14H19ClN2O2/c1-10(7-11(2)18)8-17-14(19)6-4-12-3-5-13(15)16-9-12/h3-6,9-11,18H,7-8H2,1-2H3,(H,17,19)/b6-4+. The lowest BCUT2D eigenvalue weighted by atomic mass is 10.0. The van der Waals surface area contributed by atoms with E-state index in [4.69, 9.17) is 11.6 Å². The summed E-state index contributed by atoms with van der Waals surface area (Å²) < 4.78 is 0. The molecule has 1 heterocycles. The van der Waals surface area contributed by atoms with E-state index < -0.39 is 0 Å². The van der Waals surface area contributed by atoms with Gasteiger partial charge < -0.3 is 10.4 Å². The number of pyridine rings is 1. The van der Waals surface area contributed by atoms with E-state index in [2.05, 4.69) is 10.3 Å². The Morgan fingerprint density at radius 3 is 2.84 bits per heavy atom. The smallest absolute Gasteiger partial charge is 0.244 e. The molecule has 1 rings (SSSR count). The van der Waals surface area contributed by atoms with E-state index >= 15 is 0 Å². The van der Waals surface area contributed by atoms with Crippen LogP contribution in [0.2, 0.25) is 5.15 Å². The van der Waals surface area contributed by atoms with E-state index in [1.807, 2.05) is 6.92 Å². The highest BCUT2D eigenvalue weighted by molar-refractivity contribution is 6.29. The number of nitrogens with one attached hydrogen (secondary N) is 1. The van der Waals surface area contributed by atoms with Crippen molar-refractivity contribution in [3.63, 3.8) is 0 Å². The number of hydrogen-bond acceptors (Lipinski definition) is 3. The molecule has 1 aromatic rings. The molecule has 0 saturated carbocycles. The minimum atomic E-state index is -0.345. The number of nitrogens with zero attached hydrogens (tertiary/aromatic N) is 1. The molecule has 5 heteroatoms. The first-order valence-electron chi connectivity index (χ1n) is 6.23. The predicted octanol–water partition coefficient (Wildman–Crippen LogP) is 2.27. The molecule has 0 spiro atoms. The molecular weight excluding hydrogens is 264 g/mol. The van der Waals surface area contributed by atoms with Gasteiger partial charge in [0.15, 0.2) is 0 Å². The van der Waals surface area contributed by atoms with Crippen molar-refractivity contribution in [3.8, 4) is 0 Å². The topological polar surface area (TPSA) is 62.2 Å². The Morgan fingerprint density at radius 2 is 2.26 bits per heavy atom. The fourth-order valence-electron chi connectivity index (χ4n) is 1.66. The van der Waals surface area contributed by atoms with Crippen LogP contribution < -0.4 is 5.32 Å². The molecule has 0 bridgehead atoms. The molecule has 0 fully saturated rings. The van der Waals surface area contributed by atoms with Gasteiger partial charge in [0, 0.05) is 18.8 Å². The number of hydrogen-bond donors (Lipinski definition) is 2. The fourth-order valence-corrected chi connectivity index (χ4v) is 1.77. The maximum absolute atomic E-state index is 11.6. The summed E-state index contributed by atoms with van der Waals surface area (Å²) in [5, 5.41) is 12.4. The van der Waals surface area contributed by atoms with E-state index in [0.717, 1.165) is 5.56 Å². The van der Waals surface area contributed by atoms with Crippen molar-refractivity contribution < 1.29 is 9.90 Å². The van der Waals surface area contributed by atoms with Gasteiger partial charge in [-0.05, 0) is 37.0 Å². The Hall–Kier alpha value is -1.39. The summed E-state index contributed by atoms with van der Waals surface area (Å²) in [6, 6.07) is 3.46. The van der Waals surface area contributed by atoms with Crippen molar-refractivity contribution in [2.75, 3.05) is 6.54 Å². The van der Waals surface area contributed by atoms with Crippen LogP contribution in [-0.2, 0) is 4.79 Å². The average molecular weight is 283 g/mol. The number of aromatic nitrogens is 1. The number of rotatable bonds is 6. The minimum Gasteiger partial charge on any atom is -0.393 e. The van der Waals surface area contributed by atoms with Gasteiger partial charge in [-0.15, -0.1) is 0 Å². The van der Waals surface area contributed by atoms with E-state index in [9.17, 15) is 9.90 Å².